The third-order valence-electron chi connectivity index (χ3n) is 5.20. The molecule has 1 atom stereocenters. The Morgan fingerprint density at radius 1 is 1.29 bits per heavy atom. The average Bonchev–Trinajstić information content (AvgIpc) is 3.39. The number of rotatable bonds is 10. The summed E-state index contributed by atoms with van der Waals surface area (Å²) in [5.41, 5.74) is 2.29. The van der Waals surface area contributed by atoms with Crippen LogP contribution in [-0.4, -0.2) is 47.9 Å². The van der Waals surface area contributed by atoms with E-state index in [0.717, 1.165) is 68.6 Å². The van der Waals surface area contributed by atoms with Gasteiger partial charge in [-0.15, -0.1) is 24.0 Å². The number of hydrogen-bond donors (Lipinski definition) is 2. The van der Waals surface area contributed by atoms with E-state index >= 15 is 0 Å². The lowest BCUT2D eigenvalue weighted by Gasteiger charge is -2.16. The van der Waals surface area contributed by atoms with Crippen LogP contribution in [0.4, 0.5) is 0 Å². The minimum Gasteiger partial charge on any atom is -0.488 e. The summed E-state index contributed by atoms with van der Waals surface area (Å²) in [6.07, 6.45) is 7.14. The molecule has 0 radical (unpaired) electrons. The number of imidazole rings is 1. The van der Waals surface area contributed by atoms with E-state index in [2.05, 4.69) is 52.2 Å². The maximum atomic E-state index is 6.20. The number of guanidine groups is 1. The lowest BCUT2D eigenvalue weighted by atomic mass is 10.1. The molecule has 1 unspecified atom stereocenters. The first-order valence-electron chi connectivity index (χ1n) is 11.0. The molecule has 8 heteroatoms. The van der Waals surface area contributed by atoms with Crippen molar-refractivity contribution in [1.82, 2.24) is 20.2 Å². The zero-order valence-electron chi connectivity index (χ0n) is 18.9. The first-order valence-corrected chi connectivity index (χ1v) is 11.0. The fraction of sp³-hybridized carbons (Fsp3) is 0.565. The molecule has 172 valence electrons. The maximum absolute atomic E-state index is 6.20. The third-order valence-corrected chi connectivity index (χ3v) is 5.20. The van der Waals surface area contributed by atoms with Crippen molar-refractivity contribution >= 4 is 29.9 Å². The highest BCUT2D eigenvalue weighted by atomic mass is 127. The molecule has 3 rings (SSSR count). The van der Waals surface area contributed by atoms with Gasteiger partial charge in [0, 0.05) is 44.0 Å². The molecule has 2 heterocycles. The highest BCUT2D eigenvalue weighted by Gasteiger charge is 2.18. The minimum atomic E-state index is 0. The molecule has 1 aromatic carbocycles. The number of aliphatic imine (C=N–C) groups is 1. The van der Waals surface area contributed by atoms with Crippen LogP contribution >= 0.6 is 24.0 Å². The van der Waals surface area contributed by atoms with Gasteiger partial charge in [0.05, 0.1) is 19.8 Å². The van der Waals surface area contributed by atoms with Crippen LogP contribution in [0.1, 0.15) is 43.1 Å². The number of aromatic nitrogens is 2. The Morgan fingerprint density at radius 2 is 2.16 bits per heavy atom. The van der Waals surface area contributed by atoms with Crippen molar-refractivity contribution in [1.29, 1.82) is 0 Å². The molecule has 0 bridgehead atoms. The molecule has 0 amide bonds. The minimum absolute atomic E-state index is 0. The van der Waals surface area contributed by atoms with Crippen LogP contribution in [0.3, 0.4) is 0 Å². The Kier molecular flexibility index (Phi) is 11.1. The Hall–Kier alpha value is -1.81. The second-order valence-electron chi connectivity index (χ2n) is 7.71. The van der Waals surface area contributed by atoms with Gasteiger partial charge in [-0.1, -0.05) is 12.1 Å². The molecule has 0 saturated carbocycles. The van der Waals surface area contributed by atoms with Crippen molar-refractivity contribution in [2.45, 2.75) is 59.2 Å². The van der Waals surface area contributed by atoms with E-state index in [9.17, 15) is 0 Å². The van der Waals surface area contributed by atoms with Crippen molar-refractivity contribution in [2.24, 2.45) is 4.99 Å². The first kappa shape index (κ1) is 25.5. The summed E-state index contributed by atoms with van der Waals surface area (Å²) in [6, 6.07) is 6.32. The molecule has 0 aliphatic carbocycles. The van der Waals surface area contributed by atoms with Crippen LogP contribution in [0.2, 0.25) is 0 Å². The standard InChI is InChI=1S/C23H35N5O2.HI/c1-4-24-23(26-10-5-6-12-28-13-11-25-19(28)3)27-16-20-8-7-18(2)15-22(20)30-21-9-14-29-17-21;/h7-8,11,13,15,21H,4-6,9-10,12,14,16-17H2,1-3H3,(H2,24,26,27);1H. The number of nitrogens with one attached hydrogen (secondary N) is 2. The SMILES string of the molecule is CCNC(=NCc1ccc(C)cc1OC1CCOC1)NCCCCn1ccnc1C.I. The normalized spacial score (nSPS) is 16.1. The third kappa shape index (κ3) is 8.33. The number of halogens is 1. The van der Waals surface area contributed by atoms with Crippen LogP contribution in [-0.2, 0) is 17.8 Å². The summed E-state index contributed by atoms with van der Waals surface area (Å²) in [4.78, 5) is 9.05. The van der Waals surface area contributed by atoms with E-state index in [1.54, 1.807) is 0 Å². The predicted octanol–water partition coefficient (Wildman–Crippen LogP) is 3.82. The van der Waals surface area contributed by atoms with Crippen molar-refractivity contribution in [2.75, 3.05) is 26.3 Å². The van der Waals surface area contributed by atoms with Crippen molar-refractivity contribution < 1.29 is 9.47 Å². The van der Waals surface area contributed by atoms with Crippen LogP contribution < -0.4 is 15.4 Å². The molecule has 2 N–H and O–H groups in total. The Balaban J connectivity index is 0.00000341. The van der Waals surface area contributed by atoms with Crippen molar-refractivity contribution in [3.8, 4) is 5.75 Å². The van der Waals surface area contributed by atoms with E-state index in [1.165, 1.54) is 5.56 Å². The van der Waals surface area contributed by atoms with E-state index in [-0.39, 0.29) is 30.1 Å². The van der Waals surface area contributed by atoms with E-state index in [0.29, 0.717) is 13.2 Å². The molecule has 0 spiro atoms. The quantitative estimate of drug-likeness (QED) is 0.207. The van der Waals surface area contributed by atoms with Gasteiger partial charge in [-0.25, -0.2) is 9.98 Å². The van der Waals surface area contributed by atoms with Crippen LogP contribution in [0.25, 0.3) is 0 Å². The van der Waals surface area contributed by atoms with Gasteiger partial charge in [0.25, 0.3) is 0 Å². The summed E-state index contributed by atoms with van der Waals surface area (Å²) in [5, 5.41) is 6.78. The highest BCUT2D eigenvalue weighted by molar-refractivity contribution is 14.0. The fourth-order valence-electron chi connectivity index (χ4n) is 3.45. The highest BCUT2D eigenvalue weighted by Crippen LogP contribution is 2.24. The lowest BCUT2D eigenvalue weighted by Crippen LogP contribution is -2.37. The Bertz CT molecular complexity index is 818. The summed E-state index contributed by atoms with van der Waals surface area (Å²) in [6.45, 7) is 10.9. The van der Waals surface area contributed by atoms with E-state index in [1.807, 2.05) is 19.3 Å². The number of ether oxygens (including phenoxy) is 2. The zero-order chi connectivity index (χ0) is 21.2. The molecule has 1 aliphatic heterocycles. The monoisotopic (exact) mass is 541 g/mol. The van der Waals surface area contributed by atoms with E-state index in [4.69, 9.17) is 14.5 Å². The van der Waals surface area contributed by atoms with Gasteiger partial charge in [0.1, 0.15) is 17.7 Å². The topological polar surface area (TPSA) is 72.7 Å². The molecule has 1 aromatic heterocycles. The molecule has 1 aliphatic rings. The van der Waals surface area contributed by atoms with Gasteiger partial charge in [-0.3, -0.25) is 0 Å². The van der Waals surface area contributed by atoms with Crippen LogP contribution in [0.5, 0.6) is 5.75 Å². The second kappa shape index (κ2) is 13.6. The van der Waals surface area contributed by atoms with Gasteiger partial charge in [0.15, 0.2) is 5.96 Å². The van der Waals surface area contributed by atoms with Crippen LogP contribution in [0.15, 0.2) is 35.6 Å². The molecular weight excluding hydrogens is 505 g/mol. The summed E-state index contributed by atoms with van der Waals surface area (Å²) < 4.78 is 13.8. The maximum Gasteiger partial charge on any atom is 0.191 e. The summed E-state index contributed by atoms with van der Waals surface area (Å²) in [7, 11) is 0. The number of aryl methyl sites for hydroxylation is 3. The number of hydrogen-bond acceptors (Lipinski definition) is 4. The number of unbranched alkanes of at least 4 members (excludes halogenated alkanes) is 1. The van der Waals surface area contributed by atoms with Gasteiger partial charge in [-0.05, 0) is 45.2 Å². The molecule has 2 aromatic rings. The average molecular weight is 541 g/mol. The first-order chi connectivity index (χ1) is 14.7. The second-order valence-corrected chi connectivity index (χ2v) is 7.71. The fourth-order valence-corrected chi connectivity index (χ4v) is 3.45. The van der Waals surface area contributed by atoms with Crippen molar-refractivity contribution in [3.05, 3.63) is 47.5 Å². The van der Waals surface area contributed by atoms with E-state index < -0.39 is 0 Å². The Labute approximate surface area is 203 Å². The van der Waals surface area contributed by atoms with Gasteiger partial charge in [0.2, 0.25) is 0 Å². The predicted molar refractivity (Wildman–Crippen MR) is 135 cm³/mol. The van der Waals surface area contributed by atoms with Gasteiger partial charge >= 0.3 is 0 Å². The van der Waals surface area contributed by atoms with Gasteiger partial charge < -0.3 is 24.7 Å². The summed E-state index contributed by atoms with van der Waals surface area (Å²) >= 11 is 0. The molecule has 1 saturated heterocycles. The molecular formula is C23H36IN5O2. The summed E-state index contributed by atoms with van der Waals surface area (Å²) in [5.74, 6) is 2.82. The van der Waals surface area contributed by atoms with Crippen molar-refractivity contribution in [3.63, 3.8) is 0 Å². The zero-order valence-corrected chi connectivity index (χ0v) is 21.2. The van der Waals surface area contributed by atoms with Crippen LogP contribution in [0, 0.1) is 13.8 Å². The smallest absolute Gasteiger partial charge is 0.191 e. The lowest BCUT2D eigenvalue weighted by molar-refractivity contribution is 0.140. The molecule has 7 nitrogen and oxygen atoms in total. The molecule has 1 fully saturated rings. The van der Waals surface area contributed by atoms with Gasteiger partial charge in [-0.2, -0.15) is 0 Å². The largest absolute Gasteiger partial charge is 0.488 e. The number of nitrogens with zero attached hydrogens (tertiary/aromatic N) is 3. The molecule has 31 heavy (non-hydrogen) atoms. The number of benzene rings is 1. The Morgan fingerprint density at radius 3 is 2.87 bits per heavy atom.